The van der Waals surface area contributed by atoms with Gasteiger partial charge < -0.3 is 10.3 Å². The van der Waals surface area contributed by atoms with E-state index >= 15 is 0 Å². The van der Waals surface area contributed by atoms with E-state index in [1.165, 1.54) is 0 Å². The van der Waals surface area contributed by atoms with Gasteiger partial charge in [-0.15, -0.1) is 6.42 Å². The van der Waals surface area contributed by atoms with Gasteiger partial charge in [0.1, 0.15) is 0 Å². The van der Waals surface area contributed by atoms with Gasteiger partial charge in [-0.1, -0.05) is 24.1 Å². The second-order valence-corrected chi connectivity index (χ2v) is 4.48. The molecule has 96 valence electrons. The summed E-state index contributed by atoms with van der Waals surface area (Å²) in [7, 11) is 0. The lowest BCUT2D eigenvalue weighted by Gasteiger charge is -2.02. The first kappa shape index (κ1) is 13.1. The zero-order valence-corrected chi connectivity index (χ0v) is 11.4. The molecule has 0 unspecified atom stereocenters. The Bertz CT molecular complexity index is 691. The summed E-state index contributed by atoms with van der Waals surface area (Å²) in [5.41, 5.74) is 11.1. The van der Waals surface area contributed by atoms with Crippen LogP contribution in [0.3, 0.4) is 0 Å². The fourth-order valence-electron chi connectivity index (χ4n) is 2.08. The third-order valence-corrected chi connectivity index (χ3v) is 2.99. The first-order valence-electron chi connectivity index (χ1n) is 5.75. The molecule has 0 atom stereocenters. The Morgan fingerprint density at radius 3 is 3.00 bits per heavy atom. The molecule has 0 fully saturated rings. The molecule has 0 radical (unpaired) electrons. The van der Waals surface area contributed by atoms with E-state index in [1.807, 2.05) is 31.2 Å². The van der Waals surface area contributed by atoms with Crippen LogP contribution in [0.4, 0.5) is 0 Å². The van der Waals surface area contributed by atoms with Crippen LogP contribution in [0.15, 0.2) is 29.4 Å². The van der Waals surface area contributed by atoms with Crippen LogP contribution in [0, 0.1) is 19.3 Å². The van der Waals surface area contributed by atoms with E-state index in [2.05, 4.69) is 21.0 Å². The highest BCUT2D eigenvalue weighted by molar-refractivity contribution is 7.80. The molecule has 3 N–H and O–H groups in total. The maximum absolute atomic E-state index is 5.42. The molecule has 1 aromatic carbocycles. The Morgan fingerprint density at radius 1 is 1.58 bits per heavy atom. The molecular formula is C14H14N4S. The van der Waals surface area contributed by atoms with Crippen molar-refractivity contribution in [2.75, 3.05) is 0 Å². The Labute approximate surface area is 117 Å². The summed E-state index contributed by atoms with van der Waals surface area (Å²) in [6.07, 6.45) is 7.13. The molecule has 2 aromatic rings. The van der Waals surface area contributed by atoms with Crippen LogP contribution in [-0.4, -0.2) is 15.9 Å². The van der Waals surface area contributed by atoms with Gasteiger partial charge in [-0.3, -0.25) is 5.43 Å². The van der Waals surface area contributed by atoms with E-state index in [4.69, 9.17) is 24.4 Å². The van der Waals surface area contributed by atoms with E-state index in [9.17, 15) is 0 Å². The number of thiocarbonyl (C=S) groups is 1. The first-order chi connectivity index (χ1) is 9.15. The lowest BCUT2D eigenvalue weighted by molar-refractivity contribution is 0.846. The number of aromatic nitrogens is 1. The number of fused-ring (bicyclic) bond motifs is 1. The highest BCUT2D eigenvalue weighted by atomic mass is 32.1. The molecule has 1 aromatic heterocycles. The summed E-state index contributed by atoms with van der Waals surface area (Å²) in [6.45, 7) is 2.54. The van der Waals surface area contributed by atoms with Gasteiger partial charge in [0.2, 0.25) is 0 Å². The average molecular weight is 270 g/mol. The number of benzene rings is 1. The van der Waals surface area contributed by atoms with E-state index in [-0.39, 0.29) is 5.11 Å². The van der Waals surface area contributed by atoms with E-state index in [1.54, 1.807) is 6.21 Å². The molecule has 0 bridgehead atoms. The number of nitrogens with two attached hydrogens (primary N) is 1. The third-order valence-electron chi connectivity index (χ3n) is 2.90. The van der Waals surface area contributed by atoms with Crippen LogP contribution < -0.4 is 11.2 Å². The molecule has 0 aliphatic carbocycles. The summed E-state index contributed by atoms with van der Waals surface area (Å²) in [5.74, 6) is 2.67. The molecule has 1 heterocycles. The Balaban J connectivity index is 2.54. The molecule has 4 nitrogen and oxygen atoms in total. The van der Waals surface area contributed by atoms with Crippen molar-refractivity contribution in [2.45, 2.75) is 13.5 Å². The van der Waals surface area contributed by atoms with E-state index < -0.39 is 0 Å². The molecule has 0 spiro atoms. The number of nitrogens with zero attached hydrogens (tertiary/aromatic N) is 2. The first-order valence-corrected chi connectivity index (χ1v) is 6.15. The topological polar surface area (TPSA) is 55.3 Å². The Morgan fingerprint density at radius 2 is 2.32 bits per heavy atom. The Kier molecular flexibility index (Phi) is 3.83. The number of hydrogen-bond donors (Lipinski definition) is 2. The maximum atomic E-state index is 5.42. The molecule has 0 amide bonds. The second kappa shape index (κ2) is 5.55. The summed E-state index contributed by atoms with van der Waals surface area (Å²) >= 11 is 4.71. The minimum atomic E-state index is 0.140. The fraction of sp³-hybridized carbons (Fsp3) is 0.143. The number of para-hydroxylation sites is 1. The van der Waals surface area contributed by atoms with Gasteiger partial charge >= 0.3 is 0 Å². The van der Waals surface area contributed by atoms with Crippen LogP contribution >= 0.6 is 12.2 Å². The zero-order chi connectivity index (χ0) is 13.8. The minimum Gasteiger partial charge on any atom is -0.375 e. The summed E-state index contributed by atoms with van der Waals surface area (Å²) < 4.78 is 2.08. The van der Waals surface area contributed by atoms with Gasteiger partial charge in [-0.25, -0.2) is 0 Å². The predicted octanol–water partition coefficient (Wildman–Crippen LogP) is 1.75. The molecular weight excluding hydrogens is 256 g/mol. The highest BCUT2D eigenvalue weighted by Crippen LogP contribution is 2.24. The van der Waals surface area contributed by atoms with Crippen LogP contribution in [-0.2, 0) is 6.54 Å². The lowest BCUT2D eigenvalue weighted by atomic mass is 10.1. The van der Waals surface area contributed by atoms with Crippen molar-refractivity contribution in [2.24, 2.45) is 10.8 Å². The largest absolute Gasteiger partial charge is 0.375 e. The molecule has 5 heteroatoms. The van der Waals surface area contributed by atoms with Crippen molar-refractivity contribution in [3.05, 3.63) is 35.5 Å². The number of nitrogens with one attached hydrogen (secondary N) is 1. The number of terminal acetylenes is 1. The van der Waals surface area contributed by atoms with Crippen molar-refractivity contribution in [1.29, 1.82) is 0 Å². The van der Waals surface area contributed by atoms with E-state index in [0.29, 0.717) is 6.54 Å². The van der Waals surface area contributed by atoms with E-state index in [0.717, 1.165) is 22.2 Å². The van der Waals surface area contributed by atoms with Gasteiger partial charge in [0, 0.05) is 22.2 Å². The van der Waals surface area contributed by atoms with Crippen molar-refractivity contribution in [1.82, 2.24) is 9.99 Å². The van der Waals surface area contributed by atoms with Crippen molar-refractivity contribution < 1.29 is 0 Å². The quantitative estimate of drug-likeness (QED) is 0.387. The zero-order valence-electron chi connectivity index (χ0n) is 10.6. The van der Waals surface area contributed by atoms with Gasteiger partial charge in [0.25, 0.3) is 0 Å². The van der Waals surface area contributed by atoms with Crippen LogP contribution in [0.1, 0.15) is 11.3 Å². The van der Waals surface area contributed by atoms with Crippen molar-refractivity contribution in [3.63, 3.8) is 0 Å². The van der Waals surface area contributed by atoms with Crippen molar-refractivity contribution in [3.8, 4) is 12.3 Å². The van der Waals surface area contributed by atoms with Gasteiger partial charge in [-0.05, 0) is 25.2 Å². The summed E-state index contributed by atoms with van der Waals surface area (Å²) in [6, 6.07) is 8.05. The number of hydrazone groups is 1. The number of rotatable bonds is 3. The molecule has 0 saturated carbocycles. The third kappa shape index (κ3) is 2.59. The molecule has 0 aliphatic heterocycles. The standard InChI is InChI=1S/C14H14N4S/c1-3-8-18-10(2)12(9-16-17-14(15)19)11-6-4-5-7-13(11)18/h1,4-7,9H,8H2,2H3,(H3,15,17,19). The van der Waals surface area contributed by atoms with Crippen molar-refractivity contribution >= 4 is 34.4 Å². The average Bonchev–Trinajstić information content (AvgIpc) is 2.65. The normalized spacial score (nSPS) is 10.7. The van der Waals surface area contributed by atoms with Gasteiger partial charge in [-0.2, -0.15) is 5.10 Å². The second-order valence-electron chi connectivity index (χ2n) is 4.04. The summed E-state index contributed by atoms with van der Waals surface area (Å²) in [4.78, 5) is 0. The van der Waals surface area contributed by atoms with Crippen LogP contribution in [0.5, 0.6) is 0 Å². The van der Waals surface area contributed by atoms with Crippen LogP contribution in [0.25, 0.3) is 10.9 Å². The highest BCUT2D eigenvalue weighted by Gasteiger charge is 2.11. The minimum absolute atomic E-state index is 0.140. The SMILES string of the molecule is C#CCn1c(C)c(C=NNC(N)=S)c2ccccc21. The molecule has 0 aliphatic rings. The Hall–Kier alpha value is -2.32. The number of hydrogen-bond acceptors (Lipinski definition) is 2. The van der Waals surface area contributed by atoms with Gasteiger partial charge in [0.15, 0.2) is 5.11 Å². The predicted molar refractivity (Wildman–Crippen MR) is 83.0 cm³/mol. The molecule has 0 saturated heterocycles. The maximum Gasteiger partial charge on any atom is 0.184 e. The summed E-state index contributed by atoms with van der Waals surface area (Å²) in [5, 5.41) is 5.26. The van der Waals surface area contributed by atoms with Gasteiger partial charge in [0.05, 0.1) is 12.8 Å². The van der Waals surface area contributed by atoms with Crippen LogP contribution in [0.2, 0.25) is 0 Å². The molecule has 19 heavy (non-hydrogen) atoms. The lowest BCUT2D eigenvalue weighted by Crippen LogP contribution is -2.24. The molecule has 2 rings (SSSR count). The smallest absolute Gasteiger partial charge is 0.184 e. The fourth-order valence-corrected chi connectivity index (χ4v) is 2.13. The monoisotopic (exact) mass is 270 g/mol.